The number of aromatic amines is 1. The molecule has 0 radical (unpaired) electrons. The van der Waals surface area contributed by atoms with Crippen molar-refractivity contribution in [1.82, 2.24) is 4.98 Å². The van der Waals surface area contributed by atoms with Crippen LogP contribution in [0.25, 0.3) is 0 Å². The molecule has 0 unspecified atom stereocenters. The summed E-state index contributed by atoms with van der Waals surface area (Å²) in [5.74, 6) is 0.914. The second-order valence-corrected chi connectivity index (χ2v) is 3.65. The van der Waals surface area contributed by atoms with Crippen molar-refractivity contribution in [3.05, 3.63) is 27.7 Å². The molecule has 2 rings (SSSR count). The van der Waals surface area contributed by atoms with Crippen molar-refractivity contribution >= 4 is 11.8 Å². The molecule has 0 atom stereocenters. The monoisotopic (exact) mass is 178 g/mol. The number of hydrogen-bond donors (Lipinski definition) is 1. The quantitative estimate of drug-likeness (QED) is 0.642. The smallest absolute Gasteiger partial charge is 0.252 e. The molecule has 0 spiro atoms. The normalized spacial score (nSPS) is 13.9. The number of aromatic nitrogens is 1. The Bertz CT molecular complexity index is 416. The van der Waals surface area contributed by atoms with E-state index in [2.05, 4.69) is 11.1 Å². The molecule has 0 saturated heterocycles. The largest absolute Gasteiger partial charge is 0.327 e. The molecule has 1 aromatic heterocycles. The van der Waals surface area contributed by atoms with Gasteiger partial charge >= 0.3 is 0 Å². The predicted molar refractivity (Wildman–Crippen MR) is 46.2 cm³/mol. The van der Waals surface area contributed by atoms with Gasteiger partial charge in [-0.25, -0.2) is 0 Å². The summed E-state index contributed by atoms with van der Waals surface area (Å²) in [6, 6.07) is 2.06. The van der Waals surface area contributed by atoms with E-state index in [-0.39, 0.29) is 5.56 Å². The van der Waals surface area contributed by atoms with Crippen LogP contribution >= 0.6 is 11.8 Å². The van der Waals surface area contributed by atoms with Gasteiger partial charge in [0, 0.05) is 22.4 Å². The number of H-pyrrole nitrogens is 1. The number of fused-ring (bicyclic) bond motifs is 1. The number of nitrogens with one attached hydrogen (secondary N) is 1. The standard InChI is InChI=1S/C8H6N2OS/c9-3-5-4-10-8(11)6-1-2-12-7(5)6/h4H,1-2H2,(H,10,11). The first-order valence-electron chi connectivity index (χ1n) is 3.60. The van der Waals surface area contributed by atoms with E-state index in [1.807, 2.05) is 0 Å². The molecular weight excluding hydrogens is 172 g/mol. The van der Waals surface area contributed by atoms with E-state index in [1.165, 1.54) is 6.20 Å². The van der Waals surface area contributed by atoms with Crippen LogP contribution in [-0.4, -0.2) is 10.7 Å². The van der Waals surface area contributed by atoms with Crippen LogP contribution in [0.15, 0.2) is 15.9 Å². The zero-order valence-electron chi connectivity index (χ0n) is 6.26. The average Bonchev–Trinajstić information content (AvgIpc) is 2.54. The summed E-state index contributed by atoms with van der Waals surface area (Å²) in [6.07, 6.45) is 2.27. The molecule has 1 aliphatic rings. The molecule has 1 aliphatic heterocycles. The summed E-state index contributed by atoms with van der Waals surface area (Å²) in [6.45, 7) is 0. The highest BCUT2D eigenvalue weighted by molar-refractivity contribution is 7.99. The molecule has 60 valence electrons. The Morgan fingerprint density at radius 3 is 3.25 bits per heavy atom. The van der Waals surface area contributed by atoms with Gasteiger partial charge in [-0.05, 0) is 6.42 Å². The van der Waals surface area contributed by atoms with Crippen molar-refractivity contribution in [1.29, 1.82) is 5.26 Å². The van der Waals surface area contributed by atoms with Gasteiger partial charge in [-0.1, -0.05) is 0 Å². The lowest BCUT2D eigenvalue weighted by molar-refractivity contribution is 1.04. The molecule has 12 heavy (non-hydrogen) atoms. The van der Waals surface area contributed by atoms with Crippen molar-refractivity contribution in [2.45, 2.75) is 11.3 Å². The third kappa shape index (κ3) is 0.942. The topological polar surface area (TPSA) is 56.6 Å². The number of nitriles is 1. The van der Waals surface area contributed by atoms with Crippen LogP contribution in [0, 0.1) is 11.3 Å². The van der Waals surface area contributed by atoms with Crippen molar-refractivity contribution < 1.29 is 0 Å². The Hall–Kier alpha value is -1.21. The first-order valence-corrected chi connectivity index (χ1v) is 4.59. The zero-order chi connectivity index (χ0) is 8.55. The Morgan fingerprint density at radius 1 is 1.67 bits per heavy atom. The Kier molecular flexibility index (Phi) is 1.66. The lowest BCUT2D eigenvalue weighted by atomic mass is 10.2. The number of pyridine rings is 1. The maximum atomic E-state index is 11.2. The molecule has 0 fully saturated rings. The molecule has 1 N–H and O–H groups in total. The highest BCUT2D eigenvalue weighted by Crippen LogP contribution is 2.30. The van der Waals surface area contributed by atoms with Crippen LogP contribution in [-0.2, 0) is 6.42 Å². The van der Waals surface area contributed by atoms with E-state index >= 15 is 0 Å². The third-order valence-corrected chi connectivity index (χ3v) is 3.02. The molecule has 0 aliphatic carbocycles. The lowest BCUT2D eigenvalue weighted by Gasteiger charge is -1.97. The molecule has 0 bridgehead atoms. The van der Waals surface area contributed by atoms with Crippen molar-refractivity contribution in [2.24, 2.45) is 0 Å². The third-order valence-electron chi connectivity index (χ3n) is 1.86. The first-order chi connectivity index (χ1) is 5.83. The van der Waals surface area contributed by atoms with E-state index in [0.29, 0.717) is 5.56 Å². The predicted octanol–water partition coefficient (Wildman–Crippen LogP) is 0.895. The maximum absolute atomic E-state index is 11.2. The van der Waals surface area contributed by atoms with Crippen molar-refractivity contribution in [3.63, 3.8) is 0 Å². The summed E-state index contributed by atoms with van der Waals surface area (Å²) in [4.78, 5) is 14.6. The molecule has 2 heterocycles. The molecule has 0 aromatic carbocycles. The molecule has 0 amide bonds. The first kappa shape index (κ1) is 7.44. The second kappa shape index (κ2) is 2.68. The molecular formula is C8H6N2OS. The second-order valence-electron chi connectivity index (χ2n) is 2.55. The van der Waals surface area contributed by atoms with Gasteiger partial charge < -0.3 is 4.98 Å². The minimum absolute atomic E-state index is 0.0472. The summed E-state index contributed by atoms with van der Waals surface area (Å²) < 4.78 is 0. The zero-order valence-corrected chi connectivity index (χ0v) is 7.07. The van der Waals surface area contributed by atoms with Gasteiger partial charge in [0.15, 0.2) is 0 Å². The number of nitrogens with zero attached hydrogens (tertiary/aromatic N) is 1. The van der Waals surface area contributed by atoms with Crippen LogP contribution in [0.3, 0.4) is 0 Å². The fraction of sp³-hybridized carbons (Fsp3) is 0.250. The van der Waals surface area contributed by atoms with Crippen LogP contribution in [0.5, 0.6) is 0 Å². The molecule has 3 nitrogen and oxygen atoms in total. The highest BCUT2D eigenvalue weighted by Gasteiger charge is 2.18. The Labute approximate surface area is 73.4 Å². The lowest BCUT2D eigenvalue weighted by Crippen LogP contribution is -2.11. The van der Waals surface area contributed by atoms with E-state index in [9.17, 15) is 4.79 Å². The van der Waals surface area contributed by atoms with Gasteiger partial charge in [0.05, 0.1) is 5.56 Å². The fourth-order valence-electron chi connectivity index (χ4n) is 1.29. The number of hydrogen-bond acceptors (Lipinski definition) is 3. The van der Waals surface area contributed by atoms with Gasteiger partial charge in [-0.3, -0.25) is 4.79 Å². The summed E-state index contributed by atoms with van der Waals surface area (Å²) in [5, 5.41) is 8.71. The fourth-order valence-corrected chi connectivity index (χ4v) is 2.43. The minimum atomic E-state index is -0.0472. The number of rotatable bonds is 0. The molecule has 4 heteroatoms. The highest BCUT2D eigenvalue weighted by atomic mass is 32.2. The van der Waals surface area contributed by atoms with Gasteiger partial charge in [-0.2, -0.15) is 5.26 Å². The average molecular weight is 178 g/mol. The number of thioether (sulfide) groups is 1. The van der Waals surface area contributed by atoms with Gasteiger partial charge in [0.1, 0.15) is 6.07 Å². The van der Waals surface area contributed by atoms with Gasteiger partial charge in [-0.15, -0.1) is 11.8 Å². The van der Waals surface area contributed by atoms with E-state index in [0.717, 1.165) is 22.6 Å². The Balaban J connectivity index is 2.75. The van der Waals surface area contributed by atoms with Gasteiger partial charge in [0.25, 0.3) is 5.56 Å². The van der Waals surface area contributed by atoms with Crippen LogP contribution in [0.4, 0.5) is 0 Å². The summed E-state index contributed by atoms with van der Waals surface area (Å²) in [5.41, 5.74) is 1.32. The summed E-state index contributed by atoms with van der Waals surface area (Å²) >= 11 is 1.59. The van der Waals surface area contributed by atoms with Crippen molar-refractivity contribution in [2.75, 3.05) is 5.75 Å². The summed E-state index contributed by atoms with van der Waals surface area (Å²) in [7, 11) is 0. The van der Waals surface area contributed by atoms with Gasteiger partial charge in [0.2, 0.25) is 0 Å². The van der Waals surface area contributed by atoms with E-state index in [1.54, 1.807) is 11.8 Å². The SMILES string of the molecule is N#Cc1c[nH]c(=O)c2c1SCC2. The minimum Gasteiger partial charge on any atom is -0.327 e. The maximum Gasteiger partial charge on any atom is 0.252 e. The molecule has 0 saturated carbocycles. The van der Waals surface area contributed by atoms with Crippen LogP contribution in [0.2, 0.25) is 0 Å². The van der Waals surface area contributed by atoms with Crippen LogP contribution in [0.1, 0.15) is 11.1 Å². The van der Waals surface area contributed by atoms with E-state index < -0.39 is 0 Å². The molecule has 1 aromatic rings. The Morgan fingerprint density at radius 2 is 2.50 bits per heavy atom. The van der Waals surface area contributed by atoms with Crippen LogP contribution < -0.4 is 5.56 Å². The van der Waals surface area contributed by atoms with Crippen molar-refractivity contribution in [3.8, 4) is 6.07 Å². The van der Waals surface area contributed by atoms with E-state index in [4.69, 9.17) is 5.26 Å².